The summed E-state index contributed by atoms with van der Waals surface area (Å²) in [6.07, 6.45) is 1.02. The van der Waals surface area contributed by atoms with Crippen molar-refractivity contribution in [3.63, 3.8) is 0 Å². The minimum atomic E-state index is -0.456. The van der Waals surface area contributed by atoms with Crippen LogP contribution in [0, 0.1) is 5.92 Å². The molecule has 1 fully saturated rings. The fourth-order valence-electron chi connectivity index (χ4n) is 2.36. The molecule has 4 nitrogen and oxygen atoms in total. The van der Waals surface area contributed by atoms with Crippen molar-refractivity contribution in [1.29, 1.82) is 0 Å². The highest BCUT2D eigenvalue weighted by atomic mass is 79.9. The third-order valence-electron chi connectivity index (χ3n) is 3.06. The van der Waals surface area contributed by atoms with E-state index in [4.69, 9.17) is 9.47 Å². The molecule has 3 unspecified atom stereocenters. The molecule has 0 aromatic heterocycles. The zero-order valence-electron chi connectivity index (χ0n) is 13.5. The number of hydrogen-bond donors (Lipinski definition) is 0. The lowest BCUT2D eigenvalue weighted by atomic mass is 10.1. The Labute approximate surface area is 131 Å². The van der Waals surface area contributed by atoms with Crippen LogP contribution in [-0.2, 0) is 9.47 Å². The van der Waals surface area contributed by atoms with Crippen molar-refractivity contribution in [3.05, 3.63) is 0 Å². The molecule has 0 saturated carbocycles. The lowest BCUT2D eigenvalue weighted by Gasteiger charge is -2.25. The normalized spacial score (nSPS) is 25.1. The third-order valence-corrected chi connectivity index (χ3v) is 3.94. The van der Waals surface area contributed by atoms with Crippen molar-refractivity contribution in [2.75, 3.05) is 13.1 Å². The quantitative estimate of drug-likeness (QED) is 0.724. The Morgan fingerprint density at radius 2 is 1.90 bits per heavy atom. The van der Waals surface area contributed by atoms with Crippen molar-refractivity contribution in [3.8, 4) is 0 Å². The first-order chi connectivity index (χ1) is 9.08. The second-order valence-corrected chi connectivity index (χ2v) is 8.19. The van der Waals surface area contributed by atoms with E-state index < -0.39 is 5.60 Å². The lowest BCUT2D eigenvalue weighted by Crippen LogP contribution is -2.36. The van der Waals surface area contributed by atoms with E-state index in [0.29, 0.717) is 19.0 Å². The van der Waals surface area contributed by atoms with Crippen molar-refractivity contribution < 1.29 is 14.3 Å². The molecule has 1 amide bonds. The summed E-state index contributed by atoms with van der Waals surface area (Å²) in [5.74, 6) is 0.613. The number of carbonyl (C=O) groups is 1. The van der Waals surface area contributed by atoms with E-state index in [1.165, 1.54) is 0 Å². The molecule has 3 atom stereocenters. The number of carbonyl (C=O) groups excluding carboxylic acids is 1. The summed E-state index contributed by atoms with van der Waals surface area (Å²) < 4.78 is 11.4. The van der Waals surface area contributed by atoms with E-state index in [9.17, 15) is 4.79 Å². The van der Waals surface area contributed by atoms with Gasteiger partial charge in [-0.15, -0.1) is 0 Å². The van der Waals surface area contributed by atoms with Crippen LogP contribution < -0.4 is 0 Å². The standard InChI is InChI=1S/C15H28BrNO3/c1-10(2)7-11(3)19-13-9-17(8-12(13)16)14(18)20-15(4,5)6/h10-13H,7-9H2,1-6H3. The summed E-state index contributed by atoms with van der Waals surface area (Å²) in [6.45, 7) is 13.3. The fourth-order valence-corrected chi connectivity index (χ4v) is 3.00. The van der Waals surface area contributed by atoms with Crippen LogP contribution in [0.5, 0.6) is 0 Å². The molecule has 20 heavy (non-hydrogen) atoms. The summed E-state index contributed by atoms with van der Waals surface area (Å²) in [5, 5.41) is 0. The van der Waals surface area contributed by atoms with Gasteiger partial charge in [-0.1, -0.05) is 29.8 Å². The average molecular weight is 350 g/mol. The maximum atomic E-state index is 12.0. The Balaban J connectivity index is 2.48. The van der Waals surface area contributed by atoms with Crippen molar-refractivity contribution in [2.45, 2.75) is 70.6 Å². The van der Waals surface area contributed by atoms with Gasteiger partial charge in [-0.25, -0.2) is 4.79 Å². The number of likely N-dealkylation sites (tertiary alicyclic amines) is 1. The molecule has 0 N–H and O–H groups in total. The number of halogens is 1. The molecule has 0 aliphatic carbocycles. The smallest absolute Gasteiger partial charge is 0.410 e. The molecule has 0 aromatic rings. The van der Waals surface area contributed by atoms with Crippen LogP contribution >= 0.6 is 15.9 Å². The molecule has 0 radical (unpaired) electrons. The number of rotatable bonds is 4. The van der Waals surface area contributed by atoms with E-state index in [0.717, 1.165) is 6.42 Å². The van der Waals surface area contributed by atoms with Gasteiger partial charge in [0.25, 0.3) is 0 Å². The molecule has 1 aliphatic heterocycles. The second kappa shape index (κ2) is 7.12. The van der Waals surface area contributed by atoms with Gasteiger partial charge in [-0.2, -0.15) is 0 Å². The summed E-state index contributed by atoms with van der Waals surface area (Å²) in [6, 6.07) is 0. The molecule has 118 valence electrons. The summed E-state index contributed by atoms with van der Waals surface area (Å²) in [5.41, 5.74) is -0.456. The van der Waals surface area contributed by atoms with E-state index >= 15 is 0 Å². The monoisotopic (exact) mass is 349 g/mol. The molecule has 1 saturated heterocycles. The lowest BCUT2D eigenvalue weighted by molar-refractivity contribution is -0.00854. The highest BCUT2D eigenvalue weighted by Crippen LogP contribution is 2.24. The molecule has 1 heterocycles. The Morgan fingerprint density at radius 3 is 2.40 bits per heavy atom. The first kappa shape index (κ1) is 17.8. The molecule has 0 spiro atoms. The summed E-state index contributed by atoms with van der Waals surface area (Å²) in [4.78, 5) is 13.9. The average Bonchev–Trinajstić information content (AvgIpc) is 2.56. The number of ether oxygens (including phenoxy) is 2. The van der Waals surface area contributed by atoms with Crippen LogP contribution in [0.2, 0.25) is 0 Å². The minimum Gasteiger partial charge on any atom is -0.444 e. The summed E-state index contributed by atoms with van der Waals surface area (Å²) in [7, 11) is 0. The van der Waals surface area contributed by atoms with Gasteiger partial charge in [0, 0.05) is 6.54 Å². The third kappa shape index (κ3) is 6.00. The Kier molecular flexibility index (Phi) is 6.32. The fraction of sp³-hybridized carbons (Fsp3) is 0.933. The van der Waals surface area contributed by atoms with Gasteiger partial charge in [-0.05, 0) is 40.0 Å². The van der Waals surface area contributed by atoms with Crippen LogP contribution in [-0.4, -0.2) is 46.7 Å². The van der Waals surface area contributed by atoms with Gasteiger partial charge in [0.15, 0.2) is 0 Å². The number of alkyl halides is 1. The maximum absolute atomic E-state index is 12.0. The second-order valence-electron chi connectivity index (χ2n) is 7.02. The molecular formula is C15H28BrNO3. The predicted octanol–water partition coefficient (Wildman–Crippen LogP) is 3.82. The zero-order valence-corrected chi connectivity index (χ0v) is 15.1. The SMILES string of the molecule is CC(C)CC(C)OC1CN(C(=O)OC(C)(C)C)CC1Br. The highest BCUT2D eigenvalue weighted by molar-refractivity contribution is 9.09. The molecule has 0 aromatic carbocycles. The zero-order chi connectivity index (χ0) is 15.5. The van der Waals surface area contributed by atoms with E-state index in [1.54, 1.807) is 4.90 Å². The topological polar surface area (TPSA) is 38.8 Å². The van der Waals surface area contributed by atoms with Crippen molar-refractivity contribution in [1.82, 2.24) is 4.90 Å². The first-order valence-corrected chi connectivity index (χ1v) is 8.27. The molecule has 5 heteroatoms. The number of hydrogen-bond acceptors (Lipinski definition) is 3. The van der Waals surface area contributed by atoms with Gasteiger partial charge in [-0.3, -0.25) is 0 Å². The maximum Gasteiger partial charge on any atom is 0.410 e. The van der Waals surface area contributed by atoms with Crippen LogP contribution in [0.25, 0.3) is 0 Å². The minimum absolute atomic E-state index is 0.0382. The Bertz CT molecular complexity index is 328. The van der Waals surface area contributed by atoms with Gasteiger partial charge in [0.2, 0.25) is 0 Å². The molecule has 1 rings (SSSR count). The first-order valence-electron chi connectivity index (χ1n) is 7.36. The van der Waals surface area contributed by atoms with Crippen LogP contribution in [0.3, 0.4) is 0 Å². The highest BCUT2D eigenvalue weighted by Gasteiger charge is 2.37. The molecule has 0 bridgehead atoms. The Morgan fingerprint density at radius 1 is 1.30 bits per heavy atom. The molecule has 1 aliphatic rings. The van der Waals surface area contributed by atoms with Gasteiger partial charge >= 0.3 is 6.09 Å². The van der Waals surface area contributed by atoms with E-state index in [1.807, 2.05) is 20.8 Å². The van der Waals surface area contributed by atoms with Gasteiger partial charge in [0.1, 0.15) is 5.60 Å². The predicted molar refractivity (Wildman–Crippen MR) is 84.3 cm³/mol. The van der Waals surface area contributed by atoms with E-state index in [-0.39, 0.29) is 23.1 Å². The largest absolute Gasteiger partial charge is 0.444 e. The molecular weight excluding hydrogens is 322 g/mol. The van der Waals surface area contributed by atoms with Crippen LogP contribution in [0.1, 0.15) is 48.0 Å². The van der Waals surface area contributed by atoms with Crippen molar-refractivity contribution >= 4 is 22.0 Å². The Hall–Kier alpha value is -0.290. The van der Waals surface area contributed by atoms with Crippen LogP contribution in [0.15, 0.2) is 0 Å². The van der Waals surface area contributed by atoms with Gasteiger partial charge in [0.05, 0.1) is 23.6 Å². The van der Waals surface area contributed by atoms with Crippen LogP contribution in [0.4, 0.5) is 4.79 Å². The number of amides is 1. The van der Waals surface area contributed by atoms with E-state index in [2.05, 4.69) is 36.7 Å². The number of nitrogens with zero attached hydrogens (tertiary/aromatic N) is 1. The summed E-state index contributed by atoms with van der Waals surface area (Å²) >= 11 is 3.61. The van der Waals surface area contributed by atoms with Crippen molar-refractivity contribution in [2.24, 2.45) is 5.92 Å². The van der Waals surface area contributed by atoms with Gasteiger partial charge < -0.3 is 14.4 Å².